The molecule has 0 unspecified atom stereocenters. The van der Waals surface area contributed by atoms with Gasteiger partial charge in [-0.1, -0.05) is 30.3 Å². The second kappa shape index (κ2) is 8.56. The van der Waals surface area contributed by atoms with Crippen LogP contribution in [-0.4, -0.2) is 36.5 Å². The Hall–Kier alpha value is -3.35. The van der Waals surface area contributed by atoms with Crippen LogP contribution in [0.4, 0.5) is 11.4 Å². The lowest BCUT2D eigenvalue weighted by atomic mass is 10.1. The van der Waals surface area contributed by atoms with Crippen molar-refractivity contribution in [3.05, 3.63) is 54.6 Å². The van der Waals surface area contributed by atoms with Crippen LogP contribution in [0, 0.1) is 0 Å². The summed E-state index contributed by atoms with van der Waals surface area (Å²) < 4.78 is 10.7. The maximum Gasteiger partial charge on any atom is 0.347 e. The molecule has 7 heteroatoms. The van der Waals surface area contributed by atoms with E-state index < -0.39 is 24.6 Å². The summed E-state index contributed by atoms with van der Waals surface area (Å²) in [6, 6.07) is 15.6. The Labute approximate surface area is 163 Å². The summed E-state index contributed by atoms with van der Waals surface area (Å²) in [6.07, 6.45) is -0.700. The fraction of sp³-hybridized carbons (Fsp3) is 0.286. The molecular formula is C21H22N2O5. The SMILES string of the molecule is C[C@@H]1CC(=O)Nc2ccccc2N1C(=O)COC(=O)[C@@H](C)Oc1ccccc1. The summed E-state index contributed by atoms with van der Waals surface area (Å²) in [5.74, 6) is -0.672. The molecule has 2 atom stereocenters. The first-order valence-corrected chi connectivity index (χ1v) is 9.05. The number of nitrogens with zero attached hydrogens (tertiary/aromatic N) is 1. The Kier molecular flexibility index (Phi) is 5.93. The quantitative estimate of drug-likeness (QED) is 0.804. The van der Waals surface area contributed by atoms with Gasteiger partial charge in [-0.25, -0.2) is 4.79 Å². The molecule has 0 bridgehead atoms. The molecule has 0 saturated heterocycles. The van der Waals surface area contributed by atoms with Crippen molar-refractivity contribution in [2.45, 2.75) is 32.4 Å². The van der Waals surface area contributed by atoms with Gasteiger partial charge in [-0.2, -0.15) is 0 Å². The normalized spacial score (nSPS) is 17.0. The van der Waals surface area contributed by atoms with Crippen LogP contribution in [0.3, 0.4) is 0 Å². The van der Waals surface area contributed by atoms with Gasteiger partial charge < -0.3 is 19.7 Å². The van der Waals surface area contributed by atoms with Crippen LogP contribution in [0.25, 0.3) is 0 Å². The third-order valence-corrected chi connectivity index (χ3v) is 4.35. The van der Waals surface area contributed by atoms with E-state index in [1.165, 1.54) is 4.90 Å². The third kappa shape index (κ3) is 4.49. The molecule has 1 aliphatic heterocycles. The molecule has 7 nitrogen and oxygen atoms in total. The summed E-state index contributed by atoms with van der Waals surface area (Å²) in [4.78, 5) is 38.5. The second-order valence-corrected chi connectivity index (χ2v) is 6.56. The lowest BCUT2D eigenvalue weighted by molar-refractivity contribution is -0.154. The molecule has 146 valence electrons. The predicted octanol–water partition coefficient (Wildman–Crippen LogP) is 2.76. The van der Waals surface area contributed by atoms with Crippen LogP contribution in [-0.2, 0) is 19.1 Å². The van der Waals surface area contributed by atoms with Crippen LogP contribution in [0.2, 0.25) is 0 Å². The molecule has 0 saturated carbocycles. The van der Waals surface area contributed by atoms with Gasteiger partial charge in [0.25, 0.3) is 5.91 Å². The van der Waals surface area contributed by atoms with E-state index in [1.54, 1.807) is 62.4 Å². The summed E-state index contributed by atoms with van der Waals surface area (Å²) in [5.41, 5.74) is 1.13. The molecule has 1 aliphatic rings. The summed E-state index contributed by atoms with van der Waals surface area (Å²) in [5, 5.41) is 2.79. The average molecular weight is 382 g/mol. The number of hydrogen-bond acceptors (Lipinski definition) is 5. The Morgan fingerprint density at radius 1 is 1.14 bits per heavy atom. The fourth-order valence-electron chi connectivity index (χ4n) is 3.04. The number of carbonyl (C=O) groups excluding carboxylic acids is 3. The molecule has 0 aliphatic carbocycles. The number of amides is 2. The van der Waals surface area contributed by atoms with Crippen molar-refractivity contribution in [2.75, 3.05) is 16.8 Å². The Balaban J connectivity index is 1.65. The highest BCUT2D eigenvalue weighted by molar-refractivity contribution is 6.05. The number of hydrogen-bond donors (Lipinski definition) is 1. The first-order valence-electron chi connectivity index (χ1n) is 9.05. The minimum absolute atomic E-state index is 0.155. The van der Waals surface area contributed by atoms with E-state index in [-0.39, 0.29) is 18.4 Å². The monoisotopic (exact) mass is 382 g/mol. The zero-order valence-electron chi connectivity index (χ0n) is 15.8. The molecule has 0 fully saturated rings. The van der Waals surface area contributed by atoms with Gasteiger partial charge in [-0.15, -0.1) is 0 Å². The number of ether oxygens (including phenoxy) is 2. The highest BCUT2D eigenvalue weighted by Crippen LogP contribution is 2.31. The molecule has 0 aromatic heterocycles. The Morgan fingerprint density at radius 3 is 2.57 bits per heavy atom. The minimum Gasteiger partial charge on any atom is -0.479 e. The molecule has 1 heterocycles. The van der Waals surface area contributed by atoms with E-state index in [4.69, 9.17) is 9.47 Å². The Bertz CT molecular complexity index is 868. The van der Waals surface area contributed by atoms with Crippen LogP contribution < -0.4 is 15.0 Å². The maximum atomic E-state index is 12.8. The second-order valence-electron chi connectivity index (χ2n) is 6.56. The van der Waals surface area contributed by atoms with Crippen molar-refractivity contribution in [1.82, 2.24) is 0 Å². The van der Waals surface area contributed by atoms with E-state index in [9.17, 15) is 14.4 Å². The van der Waals surface area contributed by atoms with Crippen LogP contribution >= 0.6 is 0 Å². The van der Waals surface area contributed by atoms with Gasteiger partial charge >= 0.3 is 5.97 Å². The highest BCUT2D eigenvalue weighted by Gasteiger charge is 2.30. The number of para-hydroxylation sites is 3. The number of carbonyl (C=O) groups is 3. The van der Waals surface area contributed by atoms with Crippen molar-refractivity contribution < 1.29 is 23.9 Å². The van der Waals surface area contributed by atoms with E-state index in [0.29, 0.717) is 17.1 Å². The van der Waals surface area contributed by atoms with Crippen molar-refractivity contribution in [1.29, 1.82) is 0 Å². The third-order valence-electron chi connectivity index (χ3n) is 4.35. The zero-order chi connectivity index (χ0) is 20.1. The molecular weight excluding hydrogens is 360 g/mol. The topological polar surface area (TPSA) is 84.9 Å². The van der Waals surface area contributed by atoms with Crippen LogP contribution in [0.15, 0.2) is 54.6 Å². The number of fused-ring (bicyclic) bond motifs is 1. The zero-order valence-corrected chi connectivity index (χ0v) is 15.8. The lowest BCUT2D eigenvalue weighted by Crippen LogP contribution is -2.42. The molecule has 2 amide bonds. The minimum atomic E-state index is -0.854. The number of esters is 1. The molecule has 0 spiro atoms. The van der Waals surface area contributed by atoms with Gasteiger partial charge in [0.2, 0.25) is 5.91 Å². The molecule has 1 N–H and O–H groups in total. The van der Waals surface area contributed by atoms with Crippen molar-refractivity contribution in [3.63, 3.8) is 0 Å². The number of nitrogens with one attached hydrogen (secondary N) is 1. The Morgan fingerprint density at radius 2 is 1.82 bits per heavy atom. The number of benzene rings is 2. The van der Waals surface area contributed by atoms with Crippen molar-refractivity contribution >= 4 is 29.2 Å². The number of rotatable bonds is 5. The van der Waals surface area contributed by atoms with E-state index in [1.807, 2.05) is 6.07 Å². The van der Waals surface area contributed by atoms with Gasteiger partial charge in [0.15, 0.2) is 12.7 Å². The van der Waals surface area contributed by atoms with Gasteiger partial charge in [0.1, 0.15) is 5.75 Å². The predicted molar refractivity (Wildman–Crippen MR) is 104 cm³/mol. The van der Waals surface area contributed by atoms with Gasteiger partial charge in [0, 0.05) is 12.5 Å². The average Bonchev–Trinajstić information content (AvgIpc) is 2.80. The molecule has 3 rings (SSSR count). The molecule has 2 aromatic rings. The first-order chi connectivity index (χ1) is 13.5. The highest BCUT2D eigenvalue weighted by atomic mass is 16.6. The van der Waals surface area contributed by atoms with Gasteiger partial charge in [0.05, 0.1) is 11.4 Å². The lowest BCUT2D eigenvalue weighted by Gasteiger charge is -2.27. The van der Waals surface area contributed by atoms with Gasteiger partial charge in [-0.3, -0.25) is 9.59 Å². The summed E-state index contributed by atoms with van der Waals surface area (Å²) in [7, 11) is 0. The standard InChI is InChI=1S/C21H22N2O5/c1-14-12-19(24)22-17-10-6-7-11-18(17)23(14)20(25)13-27-21(26)15(2)28-16-8-4-3-5-9-16/h3-11,14-15H,12-13H2,1-2H3,(H,22,24)/t14-,15-/m1/s1. The summed E-state index contributed by atoms with van der Waals surface area (Å²) in [6.45, 7) is 2.91. The molecule has 0 radical (unpaired) electrons. The van der Waals surface area contributed by atoms with Crippen molar-refractivity contribution in [2.24, 2.45) is 0 Å². The van der Waals surface area contributed by atoms with Crippen LogP contribution in [0.1, 0.15) is 20.3 Å². The summed E-state index contributed by atoms with van der Waals surface area (Å²) >= 11 is 0. The fourth-order valence-corrected chi connectivity index (χ4v) is 3.04. The van der Waals surface area contributed by atoms with Crippen molar-refractivity contribution in [3.8, 4) is 5.75 Å². The number of anilines is 2. The first kappa shape index (κ1) is 19.4. The largest absolute Gasteiger partial charge is 0.479 e. The molecule has 2 aromatic carbocycles. The van der Waals surface area contributed by atoms with Crippen LogP contribution in [0.5, 0.6) is 5.75 Å². The smallest absolute Gasteiger partial charge is 0.347 e. The van der Waals surface area contributed by atoms with E-state index in [0.717, 1.165) is 0 Å². The molecule has 28 heavy (non-hydrogen) atoms. The van der Waals surface area contributed by atoms with Gasteiger partial charge in [-0.05, 0) is 38.1 Å². The van der Waals surface area contributed by atoms with E-state index >= 15 is 0 Å². The maximum absolute atomic E-state index is 12.8. The van der Waals surface area contributed by atoms with E-state index in [2.05, 4.69) is 5.32 Å².